The summed E-state index contributed by atoms with van der Waals surface area (Å²) in [5.41, 5.74) is 2.79. The van der Waals surface area contributed by atoms with E-state index in [1.807, 2.05) is 12.1 Å². The number of benzene rings is 1. The van der Waals surface area contributed by atoms with Crippen molar-refractivity contribution in [2.45, 2.75) is 12.8 Å². The molecule has 0 spiro atoms. The SMILES string of the molecule is c1ccc2c(c1)CCCN2.c1cnc2c(c1)OCCN2. The number of aromatic nitrogens is 1. The maximum absolute atomic E-state index is 5.30. The van der Waals surface area contributed by atoms with Gasteiger partial charge in [-0.25, -0.2) is 4.98 Å². The molecule has 0 unspecified atom stereocenters. The van der Waals surface area contributed by atoms with Crippen LogP contribution < -0.4 is 15.4 Å². The van der Waals surface area contributed by atoms with Crippen LogP contribution in [0.25, 0.3) is 0 Å². The Hall–Kier alpha value is -2.23. The van der Waals surface area contributed by atoms with Crippen molar-refractivity contribution in [3.05, 3.63) is 48.2 Å². The number of hydrogen-bond acceptors (Lipinski definition) is 4. The van der Waals surface area contributed by atoms with E-state index < -0.39 is 0 Å². The molecule has 0 saturated carbocycles. The molecular weight excluding hydrogens is 250 g/mol. The molecule has 20 heavy (non-hydrogen) atoms. The van der Waals surface area contributed by atoms with Gasteiger partial charge in [0.25, 0.3) is 0 Å². The Morgan fingerprint density at radius 1 is 1.00 bits per heavy atom. The molecule has 0 bridgehead atoms. The summed E-state index contributed by atoms with van der Waals surface area (Å²) in [5, 5.41) is 6.49. The van der Waals surface area contributed by atoms with Crippen LogP contribution in [0.15, 0.2) is 42.6 Å². The molecule has 0 radical (unpaired) electrons. The maximum atomic E-state index is 5.30. The van der Waals surface area contributed by atoms with Gasteiger partial charge in [-0.15, -0.1) is 0 Å². The zero-order chi connectivity index (χ0) is 13.6. The van der Waals surface area contributed by atoms with Gasteiger partial charge in [0.1, 0.15) is 6.61 Å². The number of rotatable bonds is 0. The molecule has 2 aliphatic rings. The Balaban J connectivity index is 0.000000121. The van der Waals surface area contributed by atoms with Crippen LogP contribution in [0.4, 0.5) is 11.5 Å². The minimum Gasteiger partial charge on any atom is -0.488 e. The molecule has 2 aromatic rings. The fourth-order valence-electron chi connectivity index (χ4n) is 2.38. The predicted octanol–water partition coefficient (Wildman–Crippen LogP) is 2.93. The van der Waals surface area contributed by atoms with Crippen LogP contribution in [-0.4, -0.2) is 24.7 Å². The zero-order valence-electron chi connectivity index (χ0n) is 11.4. The highest BCUT2D eigenvalue weighted by molar-refractivity contribution is 5.52. The zero-order valence-corrected chi connectivity index (χ0v) is 11.4. The number of pyridine rings is 1. The number of anilines is 2. The van der Waals surface area contributed by atoms with Crippen LogP contribution in [0.2, 0.25) is 0 Å². The van der Waals surface area contributed by atoms with E-state index in [2.05, 4.69) is 39.9 Å². The van der Waals surface area contributed by atoms with Gasteiger partial charge in [0, 0.05) is 18.4 Å². The quantitative estimate of drug-likeness (QED) is 0.772. The second-order valence-corrected chi connectivity index (χ2v) is 4.81. The lowest BCUT2D eigenvalue weighted by molar-refractivity contribution is 0.321. The molecule has 3 heterocycles. The van der Waals surface area contributed by atoms with Gasteiger partial charge in [-0.1, -0.05) is 18.2 Å². The van der Waals surface area contributed by atoms with E-state index in [0.717, 1.165) is 31.3 Å². The van der Waals surface area contributed by atoms with Gasteiger partial charge in [-0.2, -0.15) is 0 Å². The summed E-state index contributed by atoms with van der Waals surface area (Å²) in [5.74, 6) is 1.71. The first kappa shape index (κ1) is 12.8. The van der Waals surface area contributed by atoms with Crippen molar-refractivity contribution in [3.8, 4) is 5.75 Å². The van der Waals surface area contributed by atoms with Crippen molar-refractivity contribution in [2.24, 2.45) is 0 Å². The number of para-hydroxylation sites is 1. The third-order valence-electron chi connectivity index (χ3n) is 3.38. The lowest BCUT2D eigenvalue weighted by atomic mass is 10.0. The first-order chi connectivity index (χ1) is 9.93. The first-order valence-corrected chi connectivity index (χ1v) is 7.07. The van der Waals surface area contributed by atoms with Gasteiger partial charge in [0.2, 0.25) is 0 Å². The van der Waals surface area contributed by atoms with E-state index >= 15 is 0 Å². The van der Waals surface area contributed by atoms with Crippen LogP contribution in [0, 0.1) is 0 Å². The number of nitrogens with one attached hydrogen (secondary N) is 2. The highest BCUT2D eigenvalue weighted by Gasteiger charge is 2.07. The molecule has 4 heteroatoms. The molecule has 4 rings (SSSR count). The Morgan fingerprint density at radius 2 is 1.95 bits per heavy atom. The molecule has 0 aliphatic carbocycles. The number of ether oxygens (including phenoxy) is 1. The Morgan fingerprint density at radius 3 is 2.85 bits per heavy atom. The molecule has 1 aromatic heterocycles. The summed E-state index contributed by atoms with van der Waals surface area (Å²) in [6, 6.07) is 12.3. The topological polar surface area (TPSA) is 46.2 Å². The highest BCUT2D eigenvalue weighted by atomic mass is 16.5. The van der Waals surface area contributed by atoms with Crippen LogP contribution in [-0.2, 0) is 6.42 Å². The minimum absolute atomic E-state index is 0.735. The van der Waals surface area contributed by atoms with Gasteiger partial charge in [0.15, 0.2) is 11.6 Å². The molecule has 1 aromatic carbocycles. The summed E-state index contributed by atoms with van der Waals surface area (Å²) in [4.78, 5) is 4.08. The van der Waals surface area contributed by atoms with E-state index in [4.69, 9.17) is 4.74 Å². The van der Waals surface area contributed by atoms with E-state index in [1.165, 1.54) is 24.1 Å². The fraction of sp³-hybridized carbons (Fsp3) is 0.312. The van der Waals surface area contributed by atoms with Crippen molar-refractivity contribution in [1.82, 2.24) is 4.98 Å². The average Bonchev–Trinajstić information content (AvgIpc) is 2.56. The Labute approximate surface area is 119 Å². The first-order valence-electron chi connectivity index (χ1n) is 7.07. The van der Waals surface area contributed by atoms with Crippen molar-refractivity contribution >= 4 is 11.5 Å². The second-order valence-electron chi connectivity index (χ2n) is 4.81. The number of hydrogen-bond donors (Lipinski definition) is 2. The number of fused-ring (bicyclic) bond motifs is 2. The van der Waals surface area contributed by atoms with Crippen molar-refractivity contribution in [2.75, 3.05) is 30.3 Å². The van der Waals surface area contributed by atoms with Crippen molar-refractivity contribution in [3.63, 3.8) is 0 Å². The molecule has 0 fully saturated rings. The molecule has 2 N–H and O–H groups in total. The summed E-state index contributed by atoms with van der Waals surface area (Å²) in [6.45, 7) is 2.72. The van der Waals surface area contributed by atoms with Gasteiger partial charge < -0.3 is 15.4 Å². The lowest BCUT2D eigenvalue weighted by Crippen LogP contribution is -2.18. The van der Waals surface area contributed by atoms with Gasteiger partial charge >= 0.3 is 0 Å². The van der Waals surface area contributed by atoms with E-state index in [0.29, 0.717) is 0 Å². The van der Waals surface area contributed by atoms with Crippen molar-refractivity contribution < 1.29 is 4.74 Å². The summed E-state index contributed by atoms with van der Waals surface area (Å²) in [6.07, 6.45) is 4.26. The molecule has 4 nitrogen and oxygen atoms in total. The number of nitrogens with zero attached hydrogens (tertiary/aromatic N) is 1. The number of aryl methyl sites for hydroxylation is 1. The molecule has 0 atom stereocenters. The van der Waals surface area contributed by atoms with Gasteiger partial charge in [-0.05, 0) is 36.6 Å². The molecule has 0 saturated heterocycles. The Kier molecular flexibility index (Phi) is 4.01. The summed E-state index contributed by atoms with van der Waals surface area (Å²) >= 11 is 0. The monoisotopic (exact) mass is 269 g/mol. The summed E-state index contributed by atoms with van der Waals surface area (Å²) in [7, 11) is 0. The lowest BCUT2D eigenvalue weighted by Gasteiger charge is -2.16. The molecule has 0 amide bonds. The second kappa shape index (κ2) is 6.28. The highest BCUT2D eigenvalue weighted by Crippen LogP contribution is 2.22. The van der Waals surface area contributed by atoms with Crippen LogP contribution in [0.1, 0.15) is 12.0 Å². The standard InChI is InChI=1S/C9H11N.C7H8N2O/c1-2-6-9-8(4-1)5-3-7-10-9;1-2-6-7(8-3-1)9-4-5-10-6/h1-2,4,6,10H,3,5,7H2;1-3H,4-5H2,(H,8,9). The molecule has 104 valence electrons. The Bertz CT molecular complexity index is 470. The molecule has 2 aliphatic heterocycles. The van der Waals surface area contributed by atoms with Gasteiger partial charge in [-0.3, -0.25) is 0 Å². The normalized spacial score (nSPS) is 15.2. The van der Waals surface area contributed by atoms with Crippen LogP contribution in [0.3, 0.4) is 0 Å². The van der Waals surface area contributed by atoms with E-state index in [-0.39, 0.29) is 0 Å². The maximum Gasteiger partial charge on any atom is 0.168 e. The minimum atomic E-state index is 0.735. The fourth-order valence-corrected chi connectivity index (χ4v) is 2.38. The van der Waals surface area contributed by atoms with E-state index in [9.17, 15) is 0 Å². The third kappa shape index (κ3) is 3.02. The van der Waals surface area contributed by atoms with Crippen molar-refractivity contribution in [1.29, 1.82) is 0 Å². The largest absolute Gasteiger partial charge is 0.488 e. The molecular formula is C16H19N3O. The summed E-state index contributed by atoms with van der Waals surface area (Å²) < 4.78 is 5.30. The van der Waals surface area contributed by atoms with Crippen LogP contribution >= 0.6 is 0 Å². The van der Waals surface area contributed by atoms with Crippen LogP contribution in [0.5, 0.6) is 5.75 Å². The van der Waals surface area contributed by atoms with E-state index in [1.54, 1.807) is 6.20 Å². The predicted molar refractivity (Wildman–Crippen MR) is 81.5 cm³/mol. The average molecular weight is 269 g/mol. The van der Waals surface area contributed by atoms with Gasteiger partial charge in [0.05, 0.1) is 6.54 Å². The smallest absolute Gasteiger partial charge is 0.168 e. The third-order valence-corrected chi connectivity index (χ3v) is 3.38.